The van der Waals surface area contributed by atoms with E-state index in [0.29, 0.717) is 17.9 Å². The van der Waals surface area contributed by atoms with Crippen LogP contribution in [0.4, 0.5) is 4.79 Å². The van der Waals surface area contributed by atoms with Crippen LogP contribution in [0, 0.1) is 13.8 Å². The SMILES string of the molecule is CCOC(=O)C1=C(C)N(C)C(=O)N(C)[C@H]1c1sc(C)nc1C. The van der Waals surface area contributed by atoms with Crippen LogP contribution in [0.3, 0.4) is 0 Å². The van der Waals surface area contributed by atoms with E-state index in [1.807, 2.05) is 13.8 Å². The average Bonchev–Trinajstić information content (AvgIpc) is 2.79. The van der Waals surface area contributed by atoms with Crippen LogP contribution in [-0.2, 0) is 9.53 Å². The van der Waals surface area contributed by atoms with Gasteiger partial charge in [-0.1, -0.05) is 0 Å². The number of aromatic nitrogens is 1. The molecule has 2 amide bonds. The van der Waals surface area contributed by atoms with Crippen LogP contribution in [0.15, 0.2) is 11.3 Å². The zero-order chi connectivity index (χ0) is 16.6. The minimum absolute atomic E-state index is 0.152. The molecule has 0 aromatic carbocycles. The quantitative estimate of drug-likeness (QED) is 0.802. The second-order valence-electron chi connectivity index (χ2n) is 5.26. The number of likely N-dealkylation sites (N-methyl/N-ethyl adjacent to an activating group) is 1. The fourth-order valence-electron chi connectivity index (χ4n) is 2.64. The molecule has 120 valence electrons. The van der Waals surface area contributed by atoms with Crippen molar-refractivity contribution in [2.24, 2.45) is 0 Å². The van der Waals surface area contributed by atoms with Crippen LogP contribution in [0.2, 0.25) is 0 Å². The predicted molar refractivity (Wildman–Crippen MR) is 84.6 cm³/mol. The van der Waals surface area contributed by atoms with Crippen molar-refractivity contribution in [2.45, 2.75) is 33.7 Å². The molecule has 1 atom stereocenters. The summed E-state index contributed by atoms with van der Waals surface area (Å²) in [4.78, 5) is 33.2. The number of esters is 1. The van der Waals surface area contributed by atoms with Crippen molar-refractivity contribution < 1.29 is 14.3 Å². The van der Waals surface area contributed by atoms with Crippen LogP contribution < -0.4 is 0 Å². The fraction of sp³-hybridized carbons (Fsp3) is 0.533. The number of amides is 2. The lowest BCUT2D eigenvalue weighted by Crippen LogP contribution is -2.47. The van der Waals surface area contributed by atoms with E-state index >= 15 is 0 Å². The fourth-order valence-corrected chi connectivity index (χ4v) is 3.72. The van der Waals surface area contributed by atoms with Gasteiger partial charge in [0.1, 0.15) is 6.04 Å². The van der Waals surface area contributed by atoms with E-state index in [4.69, 9.17) is 4.74 Å². The van der Waals surface area contributed by atoms with Crippen molar-refractivity contribution in [3.8, 4) is 0 Å². The number of carbonyl (C=O) groups excluding carboxylic acids is 2. The number of ether oxygens (including phenoxy) is 1. The summed E-state index contributed by atoms with van der Waals surface area (Å²) in [7, 11) is 3.36. The molecule has 1 aromatic rings. The topological polar surface area (TPSA) is 62.7 Å². The summed E-state index contributed by atoms with van der Waals surface area (Å²) in [6, 6.07) is -0.602. The Hall–Kier alpha value is -1.89. The molecule has 1 aliphatic rings. The minimum atomic E-state index is -0.450. The summed E-state index contributed by atoms with van der Waals surface area (Å²) in [6.45, 7) is 7.65. The highest BCUT2D eigenvalue weighted by atomic mass is 32.1. The van der Waals surface area contributed by atoms with Gasteiger partial charge in [0, 0.05) is 19.8 Å². The highest BCUT2D eigenvalue weighted by Crippen LogP contribution is 2.39. The van der Waals surface area contributed by atoms with Gasteiger partial charge in [-0.3, -0.25) is 0 Å². The molecule has 0 bridgehead atoms. The van der Waals surface area contributed by atoms with Crippen molar-refractivity contribution in [3.63, 3.8) is 0 Å². The number of aryl methyl sites for hydroxylation is 2. The molecule has 0 fully saturated rings. The van der Waals surface area contributed by atoms with Crippen molar-refractivity contribution in [1.29, 1.82) is 0 Å². The van der Waals surface area contributed by atoms with Gasteiger partial charge in [0.15, 0.2) is 0 Å². The maximum atomic E-state index is 12.4. The highest BCUT2D eigenvalue weighted by molar-refractivity contribution is 7.11. The summed E-state index contributed by atoms with van der Waals surface area (Å²) >= 11 is 1.50. The Labute approximate surface area is 134 Å². The number of thiazole rings is 1. The van der Waals surface area contributed by atoms with Gasteiger partial charge >= 0.3 is 12.0 Å². The first kappa shape index (κ1) is 16.5. The molecule has 1 aliphatic heterocycles. The van der Waals surface area contributed by atoms with Crippen LogP contribution in [0.1, 0.15) is 35.5 Å². The molecule has 0 spiro atoms. The average molecular weight is 323 g/mol. The van der Waals surface area contributed by atoms with E-state index in [1.165, 1.54) is 16.2 Å². The molecule has 0 radical (unpaired) electrons. The third kappa shape index (κ3) is 2.61. The van der Waals surface area contributed by atoms with E-state index in [0.717, 1.165) is 15.6 Å². The maximum absolute atomic E-state index is 12.4. The van der Waals surface area contributed by atoms with E-state index in [1.54, 1.807) is 32.8 Å². The second kappa shape index (κ2) is 6.08. The monoisotopic (exact) mass is 323 g/mol. The summed E-state index contributed by atoms with van der Waals surface area (Å²) in [5.74, 6) is -0.387. The largest absolute Gasteiger partial charge is 0.463 e. The number of hydrogen-bond acceptors (Lipinski definition) is 5. The molecule has 0 saturated carbocycles. The summed E-state index contributed by atoms with van der Waals surface area (Å²) in [5, 5.41) is 0.910. The lowest BCUT2D eigenvalue weighted by Gasteiger charge is -2.38. The lowest BCUT2D eigenvalue weighted by molar-refractivity contribution is -0.139. The zero-order valence-corrected chi connectivity index (χ0v) is 14.6. The summed E-state index contributed by atoms with van der Waals surface area (Å²) in [5.41, 5.74) is 1.96. The van der Waals surface area contributed by atoms with E-state index < -0.39 is 6.04 Å². The molecule has 0 saturated heterocycles. The van der Waals surface area contributed by atoms with Gasteiger partial charge in [-0.25, -0.2) is 14.6 Å². The Morgan fingerprint density at radius 1 is 1.32 bits per heavy atom. The molecule has 2 rings (SSSR count). The highest BCUT2D eigenvalue weighted by Gasteiger charge is 2.40. The first-order valence-corrected chi connectivity index (χ1v) is 7.93. The number of allylic oxidation sites excluding steroid dienone is 1. The molecule has 2 heterocycles. The van der Waals surface area contributed by atoms with Crippen molar-refractivity contribution in [3.05, 3.63) is 26.8 Å². The van der Waals surface area contributed by atoms with E-state index in [2.05, 4.69) is 4.98 Å². The van der Waals surface area contributed by atoms with Crippen molar-refractivity contribution in [1.82, 2.24) is 14.8 Å². The number of nitrogens with zero attached hydrogens (tertiary/aromatic N) is 3. The van der Waals surface area contributed by atoms with Crippen LogP contribution in [0.5, 0.6) is 0 Å². The third-order valence-corrected chi connectivity index (χ3v) is 4.95. The number of rotatable bonds is 3. The Morgan fingerprint density at radius 2 is 1.95 bits per heavy atom. The zero-order valence-electron chi connectivity index (χ0n) is 13.8. The summed E-state index contributed by atoms with van der Waals surface area (Å²) in [6.07, 6.45) is 0. The van der Waals surface area contributed by atoms with Gasteiger partial charge in [0.2, 0.25) is 0 Å². The van der Waals surface area contributed by atoms with Crippen LogP contribution >= 0.6 is 11.3 Å². The molecule has 6 nitrogen and oxygen atoms in total. The number of hydrogen-bond donors (Lipinski definition) is 0. The third-order valence-electron chi connectivity index (χ3n) is 3.83. The Bertz CT molecular complexity index is 650. The van der Waals surface area contributed by atoms with Gasteiger partial charge < -0.3 is 14.5 Å². The molecule has 7 heteroatoms. The first-order chi connectivity index (χ1) is 10.3. The standard InChI is InChI=1S/C15H21N3O3S/c1-7-21-14(19)11-9(3)17(5)15(20)18(6)12(11)13-8(2)16-10(4)22-13/h12H,7H2,1-6H3/t12-/m1/s1. The Morgan fingerprint density at radius 3 is 2.45 bits per heavy atom. The number of urea groups is 1. The second-order valence-corrected chi connectivity index (χ2v) is 6.49. The molecule has 0 unspecified atom stereocenters. The van der Waals surface area contributed by atoms with Crippen LogP contribution in [0.25, 0.3) is 0 Å². The normalized spacial score (nSPS) is 19.0. The van der Waals surface area contributed by atoms with Gasteiger partial charge in [0.25, 0.3) is 0 Å². The first-order valence-electron chi connectivity index (χ1n) is 7.11. The molecule has 1 aromatic heterocycles. The Kier molecular flexibility index (Phi) is 4.55. The maximum Gasteiger partial charge on any atom is 0.338 e. The predicted octanol–water partition coefficient (Wildman–Crippen LogP) is 2.64. The number of carbonyl (C=O) groups is 2. The summed E-state index contributed by atoms with van der Waals surface area (Å²) < 4.78 is 5.20. The van der Waals surface area contributed by atoms with E-state index in [-0.39, 0.29) is 12.0 Å². The molecular weight excluding hydrogens is 302 g/mol. The smallest absolute Gasteiger partial charge is 0.338 e. The Balaban J connectivity index is 2.62. The molecule has 22 heavy (non-hydrogen) atoms. The van der Waals surface area contributed by atoms with Crippen LogP contribution in [-0.4, -0.2) is 47.5 Å². The van der Waals surface area contributed by atoms with Crippen molar-refractivity contribution >= 4 is 23.3 Å². The van der Waals surface area contributed by atoms with Gasteiger partial charge in [-0.05, 0) is 27.7 Å². The van der Waals surface area contributed by atoms with Gasteiger partial charge in [-0.15, -0.1) is 11.3 Å². The molecule has 0 aliphatic carbocycles. The van der Waals surface area contributed by atoms with Gasteiger partial charge in [-0.2, -0.15) is 0 Å². The molecule has 0 N–H and O–H groups in total. The van der Waals surface area contributed by atoms with E-state index in [9.17, 15) is 9.59 Å². The lowest BCUT2D eigenvalue weighted by atomic mass is 9.98. The minimum Gasteiger partial charge on any atom is -0.463 e. The molecular formula is C15H21N3O3S. The van der Waals surface area contributed by atoms with Gasteiger partial charge in [0.05, 0.1) is 27.8 Å². The van der Waals surface area contributed by atoms with Crippen molar-refractivity contribution in [2.75, 3.05) is 20.7 Å².